The SMILES string of the molecule is c1ccc(-c2cc(-c3cc(C4=Nc5ccccc5CN4)cc(-c4cc(-c5ccccc5)nc(-c5ccccc5)c4)c3)cc(-c3ccccc3)n2)cc1. The molecule has 3 heterocycles. The second-order valence-electron chi connectivity index (χ2n) is 13.0. The molecule has 4 heteroatoms. The van der Waals surface area contributed by atoms with Crippen molar-refractivity contribution in [3.8, 4) is 67.3 Å². The van der Waals surface area contributed by atoms with Crippen LogP contribution in [0, 0.1) is 0 Å². The van der Waals surface area contributed by atoms with Gasteiger partial charge >= 0.3 is 0 Å². The van der Waals surface area contributed by atoms with Gasteiger partial charge in [0.2, 0.25) is 0 Å². The number of rotatable bonds is 7. The van der Waals surface area contributed by atoms with Gasteiger partial charge in [-0.1, -0.05) is 140 Å². The van der Waals surface area contributed by atoms with Gasteiger partial charge in [0.1, 0.15) is 5.84 Å². The van der Waals surface area contributed by atoms with E-state index >= 15 is 0 Å². The summed E-state index contributed by atoms with van der Waals surface area (Å²) in [5, 5.41) is 3.62. The number of amidine groups is 1. The fraction of sp³-hybridized carbons (Fsp3) is 0.0208. The molecule has 2 aromatic heterocycles. The molecule has 1 N–H and O–H groups in total. The van der Waals surface area contributed by atoms with Gasteiger partial charge in [0.05, 0.1) is 28.5 Å². The summed E-state index contributed by atoms with van der Waals surface area (Å²) in [4.78, 5) is 15.5. The summed E-state index contributed by atoms with van der Waals surface area (Å²) >= 11 is 0. The number of benzene rings is 6. The van der Waals surface area contributed by atoms with Crippen LogP contribution in [0.4, 0.5) is 5.69 Å². The molecule has 0 spiro atoms. The van der Waals surface area contributed by atoms with E-state index in [0.717, 1.165) is 84.4 Å². The van der Waals surface area contributed by atoms with E-state index in [9.17, 15) is 0 Å². The summed E-state index contributed by atoms with van der Waals surface area (Å²) in [6.45, 7) is 0.714. The number of aliphatic imine (C=N–C) groups is 1. The van der Waals surface area contributed by atoms with Crippen molar-refractivity contribution in [2.75, 3.05) is 0 Å². The normalized spacial score (nSPS) is 12.0. The van der Waals surface area contributed by atoms with Crippen LogP contribution in [-0.2, 0) is 6.54 Å². The topological polar surface area (TPSA) is 50.2 Å². The highest BCUT2D eigenvalue weighted by atomic mass is 15.0. The van der Waals surface area contributed by atoms with Crippen molar-refractivity contribution in [2.24, 2.45) is 4.99 Å². The van der Waals surface area contributed by atoms with E-state index in [1.165, 1.54) is 5.56 Å². The highest BCUT2D eigenvalue weighted by Crippen LogP contribution is 2.36. The lowest BCUT2D eigenvalue weighted by atomic mass is 9.92. The number of fused-ring (bicyclic) bond motifs is 1. The third kappa shape index (κ3) is 6.41. The standard InChI is InChI=1S/C48H34N4/c1-5-15-33(16-6-1)44-28-40(29-45(50-44)34-17-7-2-8-18-34)38-25-39(27-42(26-38)48-49-32-37-23-13-14-24-43(37)52-48)41-30-46(35-19-9-3-10-20-35)51-47(31-41)36-21-11-4-12-22-36/h1-31H,32H2,(H,49,52). The molecule has 0 atom stereocenters. The fourth-order valence-corrected chi connectivity index (χ4v) is 6.79. The Morgan fingerprint density at radius 3 is 1.10 bits per heavy atom. The second-order valence-corrected chi connectivity index (χ2v) is 13.0. The van der Waals surface area contributed by atoms with E-state index in [0.29, 0.717) is 6.54 Å². The third-order valence-electron chi connectivity index (χ3n) is 9.47. The molecule has 0 aliphatic carbocycles. The quantitative estimate of drug-likeness (QED) is 0.184. The van der Waals surface area contributed by atoms with Crippen molar-refractivity contribution in [3.05, 3.63) is 199 Å². The van der Waals surface area contributed by atoms with Gasteiger partial charge in [-0.2, -0.15) is 0 Å². The van der Waals surface area contributed by atoms with Crippen LogP contribution in [0.25, 0.3) is 67.3 Å². The van der Waals surface area contributed by atoms with E-state index in [-0.39, 0.29) is 0 Å². The molecule has 9 rings (SSSR count). The minimum atomic E-state index is 0.714. The molecule has 0 amide bonds. The largest absolute Gasteiger partial charge is 0.365 e. The Morgan fingerprint density at radius 1 is 0.327 bits per heavy atom. The Bertz CT molecular complexity index is 2280. The van der Waals surface area contributed by atoms with Crippen LogP contribution in [-0.4, -0.2) is 15.8 Å². The van der Waals surface area contributed by atoms with Gasteiger partial charge in [0, 0.05) is 34.4 Å². The fourth-order valence-electron chi connectivity index (χ4n) is 6.79. The lowest BCUT2D eigenvalue weighted by Crippen LogP contribution is -2.26. The van der Waals surface area contributed by atoms with Gasteiger partial charge in [-0.3, -0.25) is 0 Å². The molecule has 1 aliphatic heterocycles. The summed E-state index contributed by atoms with van der Waals surface area (Å²) in [6, 6.07) is 65.5. The van der Waals surface area contributed by atoms with E-state index in [1.54, 1.807) is 0 Å². The minimum absolute atomic E-state index is 0.714. The zero-order valence-electron chi connectivity index (χ0n) is 28.4. The molecule has 246 valence electrons. The van der Waals surface area contributed by atoms with E-state index in [1.807, 2.05) is 30.3 Å². The molecule has 0 unspecified atom stereocenters. The number of hydrogen-bond acceptors (Lipinski definition) is 4. The molecule has 6 aromatic carbocycles. The predicted octanol–water partition coefficient (Wildman–Crippen LogP) is 11.7. The van der Waals surface area contributed by atoms with Crippen LogP contribution in [0.2, 0.25) is 0 Å². The Kier molecular flexibility index (Phi) is 8.24. The molecule has 8 aromatic rings. The van der Waals surface area contributed by atoms with Gasteiger partial charge in [-0.15, -0.1) is 0 Å². The minimum Gasteiger partial charge on any atom is -0.365 e. The van der Waals surface area contributed by atoms with E-state index < -0.39 is 0 Å². The predicted molar refractivity (Wildman–Crippen MR) is 214 cm³/mol. The zero-order chi connectivity index (χ0) is 34.7. The van der Waals surface area contributed by atoms with E-state index in [2.05, 4.69) is 163 Å². The van der Waals surface area contributed by atoms with Crippen LogP contribution >= 0.6 is 0 Å². The molecule has 0 fully saturated rings. The van der Waals surface area contributed by atoms with Crippen molar-refractivity contribution >= 4 is 11.5 Å². The van der Waals surface area contributed by atoms with Gasteiger partial charge < -0.3 is 5.32 Å². The van der Waals surface area contributed by atoms with Crippen LogP contribution in [0.5, 0.6) is 0 Å². The molecule has 0 radical (unpaired) electrons. The second kappa shape index (κ2) is 13.8. The molecule has 4 nitrogen and oxygen atoms in total. The summed E-state index contributed by atoms with van der Waals surface area (Å²) in [6.07, 6.45) is 0. The Balaban J connectivity index is 1.28. The van der Waals surface area contributed by atoms with Gasteiger partial charge in [0.15, 0.2) is 0 Å². The summed E-state index contributed by atoms with van der Waals surface area (Å²) < 4.78 is 0. The van der Waals surface area contributed by atoms with Gasteiger partial charge in [-0.25, -0.2) is 15.0 Å². The molecule has 0 saturated heterocycles. The number of para-hydroxylation sites is 1. The average molecular weight is 667 g/mol. The molecule has 1 aliphatic rings. The first-order valence-electron chi connectivity index (χ1n) is 17.6. The average Bonchev–Trinajstić information content (AvgIpc) is 3.24. The molecule has 52 heavy (non-hydrogen) atoms. The summed E-state index contributed by atoms with van der Waals surface area (Å²) in [7, 11) is 0. The first-order valence-corrected chi connectivity index (χ1v) is 17.6. The van der Waals surface area contributed by atoms with Crippen molar-refractivity contribution in [1.82, 2.24) is 15.3 Å². The Labute approximate surface area is 303 Å². The smallest absolute Gasteiger partial charge is 0.134 e. The monoisotopic (exact) mass is 666 g/mol. The first kappa shape index (κ1) is 31.1. The summed E-state index contributed by atoms with van der Waals surface area (Å²) in [5.74, 6) is 0.850. The van der Waals surface area contributed by atoms with E-state index in [4.69, 9.17) is 15.0 Å². The molecule has 0 bridgehead atoms. The van der Waals surface area contributed by atoms with Crippen LogP contribution in [0.3, 0.4) is 0 Å². The van der Waals surface area contributed by atoms with Crippen LogP contribution < -0.4 is 5.32 Å². The maximum atomic E-state index is 5.16. The lowest BCUT2D eigenvalue weighted by molar-refractivity contribution is 0.893. The van der Waals surface area contributed by atoms with Crippen molar-refractivity contribution in [2.45, 2.75) is 6.54 Å². The number of hydrogen-bond donors (Lipinski definition) is 1. The summed E-state index contributed by atoms with van der Waals surface area (Å²) in [5.41, 5.74) is 15.5. The number of aromatic nitrogens is 2. The molecule has 0 saturated carbocycles. The van der Waals surface area contributed by atoms with Gasteiger partial charge in [0.25, 0.3) is 0 Å². The third-order valence-corrected chi connectivity index (χ3v) is 9.47. The van der Waals surface area contributed by atoms with Crippen LogP contribution in [0.15, 0.2) is 193 Å². The Morgan fingerprint density at radius 2 is 0.673 bits per heavy atom. The highest BCUT2D eigenvalue weighted by molar-refractivity contribution is 6.03. The van der Waals surface area contributed by atoms with Gasteiger partial charge in [-0.05, 0) is 76.3 Å². The number of pyridine rings is 2. The maximum absolute atomic E-state index is 5.16. The van der Waals surface area contributed by atoms with Crippen LogP contribution in [0.1, 0.15) is 11.1 Å². The lowest BCUT2D eigenvalue weighted by Gasteiger charge is -2.20. The number of nitrogens with zero attached hydrogens (tertiary/aromatic N) is 3. The maximum Gasteiger partial charge on any atom is 0.134 e. The molecular formula is C48H34N4. The number of nitrogens with one attached hydrogen (secondary N) is 1. The van der Waals surface area contributed by atoms with Crippen molar-refractivity contribution < 1.29 is 0 Å². The van der Waals surface area contributed by atoms with Crippen molar-refractivity contribution in [3.63, 3.8) is 0 Å². The molecular weight excluding hydrogens is 633 g/mol. The first-order chi connectivity index (χ1) is 25.7. The van der Waals surface area contributed by atoms with Crippen molar-refractivity contribution in [1.29, 1.82) is 0 Å². The Hall–Kier alpha value is -6.91. The zero-order valence-corrected chi connectivity index (χ0v) is 28.4. The highest BCUT2D eigenvalue weighted by Gasteiger charge is 2.18.